The van der Waals surface area contributed by atoms with Gasteiger partial charge in [0.2, 0.25) is 0 Å². The molecule has 0 aliphatic carbocycles. The van der Waals surface area contributed by atoms with Gasteiger partial charge in [-0.05, 0) is 45.7 Å². The van der Waals surface area contributed by atoms with Gasteiger partial charge in [-0.1, -0.05) is 23.9 Å². The number of rotatable bonds is 4. The summed E-state index contributed by atoms with van der Waals surface area (Å²) < 4.78 is 30.6. The maximum atomic E-state index is 12.6. The molecule has 1 aromatic carbocycles. The molecule has 1 fully saturated rings. The number of halogens is 2. The van der Waals surface area contributed by atoms with Gasteiger partial charge in [0, 0.05) is 29.7 Å². The van der Waals surface area contributed by atoms with E-state index in [0.29, 0.717) is 29.7 Å². The van der Waals surface area contributed by atoms with Gasteiger partial charge in [-0.25, -0.2) is 4.79 Å². The van der Waals surface area contributed by atoms with Crippen LogP contribution in [0.3, 0.4) is 0 Å². The molecule has 7 heteroatoms. The van der Waals surface area contributed by atoms with E-state index in [1.165, 1.54) is 0 Å². The van der Waals surface area contributed by atoms with Crippen LogP contribution in [0.4, 0.5) is 19.3 Å². The first-order valence-electron chi connectivity index (χ1n) is 8.03. The fourth-order valence-electron chi connectivity index (χ4n) is 2.54. The normalized spacial score (nSPS) is 16.3. The third-order valence-electron chi connectivity index (χ3n) is 3.61. The van der Waals surface area contributed by atoms with Gasteiger partial charge in [-0.15, -0.1) is 0 Å². The van der Waals surface area contributed by atoms with Crippen molar-refractivity contribution in [2.45, 2.75) is 55.9 Å². The molecule has 1 saturated heterocycles. The Balaban J connectivity index is 1.89. The number of piperidine rings is 1. The predicted octanol–water partition coefficient (Wildman–Crippen LogP) is 4.81. The highest BCUT2D eigenvalue weighted by molar-refractivity contribution is 7.99. The average molecular weight is 358 g/mol. The number of hydrogen-bond acceptors (Lipinski definition) is 4. The van der Waals surface area contributed by atoms with Crippen LogP contribution >= 0.6 is 11.8 Å². The molecule has 1 amide bonds. The molecule has 1 aromatic rings. The third-order valence-corrected chi connectivity index (χ3v) is 4.40. The minimum absolute atomic E-state index is 0.156. The first-order chi connectivity index (χ1) is 11.2. The van der Waals surface area contributed by atoms with Gasteiger partial charge < -0.3 is 15.0 Å². The van der Waals surface area contributed by atoms with Gasteiger partial charge in [0.1, 0.15) is 5.60 Å². The molecule has 0 aromatic heterocycles. The molecule has 0 spiro atoms. The highest BCUT2D eigenvalue weighted by atomic mass is 32.2. The number of benzene rings is 1. The van der Waals surface area contributed by atoms with Crippen molar-refractivity contribution in [1.29, 1.82) is 0 Å². The van der Waals surface area contributed by atoms with Gasteiger partial charge in [-0.2, -0.15) is 8.78 Å². The summed E-state index contributed by atoms with van der Waals surface area (Å²) in [6, 6.07) is 7.23. The van der Waals surface area contributed by atoms with E-state index in [4.69, 9.17) is 4.74 Å². The lowest BCUT2D eigenvalue weighted by Gasteiger charge is -2.34. The van der Waals surface area contributed by atoms with E-state index < -0.39 is 11.4 Å². The number of nitrogens with one attached hydrogen (secondary N) is 1. The quantitative estimate of drug-likeness (QED) is 0.784. The number of thioether (sulfide) groups is 1. The highest BCUT2D eigenvalue weighted by Gasteiger charge is 2.27. The van der Waals surface area contributed by atoms with Crippen molar-refractivity contribution in [3.8, 4) is 0 Å². The molecule has 0 atom stereocenters. The molecule has 0 radical (unpaired) electrons. The van der Waals surface area contributed by atoms with Crippen molar-refractivity contribution >= 4 is 23.5 Å². The maximum absolute atomic E-state index is 12.6. The zero-order chi connectivity index (χ0) is 17.7. The van der Waals surface area contributed by atoms with Crippen LogP contribution in [-0.2, 0) is 4.74 Å². The lowest BCUT2D eigenvalue weighted by molar-refractivity contribution is 0.0210. The Kier molecular flexibility index (Phi) is 6.32. The number of hydrogen-bond donors (Lipinski definition) is 1. The molecule has 1 N–H and O–H groups in total. The van der Waals surface area contributed by atoms with E-state index >= 15 is 0 Å². The zero-order valence-electron chi connectivity index (χ0n) is 14.2. The lowest BCUT2D eigenvalue weighted by Crippen LogP contribution is -2.44. The van der Waals surface area contributed by atoms with Crippen LogP contribution in [0.1, 0.15) is 33.6 Å². The van der Waals surface area contributed by atoms with Crippen LogP contribution < -0.4 is 5.32 Å². The van der Waals surface area contributed by atoms with Crippen LogP contribution in [0.5, 0.6) is 0 Å². The summed E-state index contributed by atoms with van der Waals surface area (Å²) in [5.41, 5.74) is 0.218. The first kappa shape index (κ1) is 18.8. The molecule has 1 aliphatic rings. The van der Waals surface area contributed by atoms with E-state index in [1.54, 1.807) is 17.0 Å². The topological polar surface area (TPSA) is 41.6 Å². The summed E-state index contributed by atoms with van der Waals surface area (Å²) in [6.07, 6.45) is 1.22. The minimum Gasteiger partial charge on any atom is -0.444 e. The fourth-order valence-corrected chi connectivity index (χ4v) is 3.14. The van der Waals surface area contributed by atoms with Crippen LogP contribution in [0.25, 0.3) is 0 Å². The van der Waals surface area contributed by atoms with Crippen molar-refractivity contribution in [3.63, 3.8) is 0 Å². The Morgan fingerprint density at radius 1 is 1.29 bits per heavy atom. The monoisotopic (exact) mass is 358 g/mol. The van der Waals surface area contributed by atoms with Crippen LogP contribution in [0.2, 0.25) is 0 Å². The molecular formula is C17H24F2N2O2S. The highest BCUT2D eigenvalue weighted by Crippen LogP contribution is 2.32. The van der Waals surface area contributed by atoms with Crippen LogP contribution in [0, 0.1) is 0 Å². The van der Waals surface area contributed by atoms with Crippen LogP contribution in [-0.4, -0.2) is 41.5 Å². The molecule has 24 heavy (non-hydrogen) atoms. The van der Waals surface area contributed by atoms with Crippen LogP contribution in [0.15, 0.2) is 29.2 Å². The van der Waals surface area contributed by atoms with Gasteiger partial charge in [-0.3, -0.25) is 0 Å². The van der Waals surface area contributed by atoms with Gasteiger partial charge in [0.25, 0.3) is 5.76 Å². The van der Waals surface area contributed by atoms with Crippen molar-refractivity contribution in [2.24, 2.45) is 0 Å². The third kappa shape index (κ3) is 5.85. The molecule has 1 heterocycles. The summed E-state index contributed by atoms with van der Waals surface area (Å²) in [4.78, 5) is 14.3. The smallest absolute Gasteiger partial charge is 0.410 e. The second-order valence-electron chi connectivity index (χ2n) is 6.76. The standard InChI is InChI=1S/C17H24F2N2O2S/c1-17(2,3)23-16(22)21-10-8-12(9-11-21)20-13-6-4-5-7-14(13)24-15(18)19/h4-7,12,15,20H,8-11H2,1-3H3. The zero-order valence-corrected chi connectivity index (χ0v) is 15.0. The summed E-state index contributed by atoms with van der Waals surface area (Å²) >= 11 is 0.545. The number of alkyl halides is 2. The van der Waals surface area contributed by atoms with Gasteiger partial charge in [0.05, 0.1) is 0 Å². The molecule has 0 unspecified atom stereocenters. The Morgan fingerprint density at radius 3 is 2.50 bits per heavy atom. The van der Waals surface area contributed by atoms with E-state index in [2.05, 4.69) is 5.32 Å². The van der Waals surface area contributed by atoms with E-state index in [0.717, 1.165) is 18.5 Å². The summed E-state index contributed by atoms with van der Waals surface area (Å²) in [6.45, 7) is 6.72. The summed E-state index contributed by atoms with van der Waals surface area (Å²) in [7, 11) is 0. The molecule has 0 saturated carbocycles. The van der Waals surface area contributed by atoms with E-state index in [-0.39, 0.29) is 12.1 Å². The number of likely N-dealkylation sites (tertiary alicyclic amines) is 1. The second-order valence-corrected chi connectivity index (χ2v) is 7.79. The largest absolute Gasteiger partial charge is 0.444 e. The maximum Gasteiger partial charge on any atom is 0.410 e. The van der Waals surface area contributed by atoms with Crippen molar-refractivity contribution in [1.82, 2.24) is 4.90 Å². The molecule has 1 aliphatic heterocycles. The van der Waals surface area contributed by atoms with Crippen molar-refractivity contribution in [2.75, 3.05) is 18.4 Å². The SMILES string of the molecule is CC(C)(C)OC(=O)N1CCC(Nc2ccccc2SC(F)F)CC1. The molecule has 134 valence electrons. The number of carbonyl (C=O) groups excluding carboxylic acids is 1. The fraction of sp³-hybridized carbons (Fsp3) is 0.588. The summed E-state index contributed by atoms with van der Waals surface area (Å²) in [5.74, 6) is -2.44. The molecule has 2 rings (SSSR count). The number of ether oxygens (including phenoxy) is 1. The number of para-hydroxylation sites is 1. The second kappa shape index (κ2) is 8.05. The van der Waals surface area contributed by atoms with Gasteiger partial charge in [0.15, 0.2) is 0 Å². The number of nitrogens with zero attached hydrogens (tertiary/aromatic N) is 1. The average Bonchev–Trinajstić information content (AvgIpc) is 2.48. The van der Waals surface area contributed by atoms with E-state index in [9.17, 15) is 13.6 Å². The molecular weight excluding hydrogens is 334 g/mol. The Labute approximate surface area is 145 Å². The van der Waals surface area contributed by atoms with Crippen molar-refractivity contribution < 1.29 is 18.3 Å². The Bertz CT molecular complexity index is 556. The number of amides is 1. The first-order valence-corrected chi connectivity index (χ1v) is 8.91. The Morgan fingerprint density at radius 2 is 1.92 bits per heavy atom. The summed E-state index contributed by atoms with van der Waals surface area (Å²) in [5, 5.41) is 3.33. The van der Waals surface area contributed by atoms with E-state index in [1.807, 2.05) is 32.9 Å². The number of anilines is 1. The number of carbonyl (C=O) groups is 1. The predicted molar refractivity (Wildman–Crippen MR) is 92.8 cm³/mol. The van der Waals surface area contributed by atoms with Crippen molar-refractivity contribution in [3.05, 3.63) is 24.3 Å². The molecule has 0 bridgehead atoms. The van der Waals surface area contributed by atoms with Gasteiger partial charge >= 0.3 is 6.09 Å². The molecule has 4 nitrogen and oxygen atoms in total. The lowest BCUT2D eigenvalue weighted by atomic mass is 10.0. The minimum atomic E-state index is -2.44. The Hall–Kier alpha value is -1.50.